The summed E-state index contributed by atoms with van der Waals surface area (Å²) in [7, 11) is 0. The number of nitriles is 2. The Balaban J connectivity index is 2.00. The molecule has 0 radical (unpaired) electrons. The van der Waals surface area contributed by atoms with Gasteiger partial charge in [0.2, 0.25) is 0 Å². The molecule has 0 saturated carbocycles. The molecule has 0 aliphatic carbocycles. The summed E-state index contributed by atoms with van der Waals surface area (Å²) in [5.74, 6) is 0.735. The van der Waals surface area contributed by atoms with Crippen molar-refractivity contribution in [2.75, 3.05) is 0 Å². The Kier molecular flexibility index (Phi) is 5.51. The van der Waals surface area contributed by atoms with E-state index < -0.39 is 0 Å². The van der Waals surface area contributed by atoms with Gasteiger partial charge in [0.15, 0.2) is 5.70 Å². The molecule has 2 rings (SSSR count). The van der Waals surface area contributed by atoms with Crippen LogP contribution in [0.1, 0.15) is 11.1 Å². The van der Waals surface area contributed by atoms with Crippen LogP contribution in [-0.2, 0) is 6.61 Å². The Morgan fingerprint density at radius 1 is 1.04 bits per heavy atom. The van der Waals surface area contributed by atoms with Crippen LogP contribution in [0.3, 0.4) is 0 Å². The van der Waals surface area contributed by atoms with Gasteiger partial charge >= 0.3 is 0 Å². The molecule has 0 bridgehead atoms. The highest BCUT2D eigenvalue weighted by Gasteiger charge is 1.99. The topological polar surface area (TPSA) is 95.2 Å². The molecule has 0 saturated heterocycles. The minimum absolute atomic E-state index is 0.100. The van der Waals surface area contributed by atoms with Gasteiger partial charge in [-0.05, 0) is 35.4 Å². The smallest absolute Gasteiger partial charge is 0.174 e. The van der Waals surface area contributed by atoms with Crippen molar-refractivity contribution in [3.63, 3.8) is 0 Å². The highest BCUT2D eigenvalue weighted by atomic mass is 16.5. The quantitative estimate of drug-likeness (QED) is 0.678. The average Bonchev–Trinajstić information content (AvgIpc) is 2.62. The lowest BCUT2D eigenvalue weighted by atomic mass is 10.2. The first kappa shape index (κ1) is 15.8. The van der Waals surface area contributed by atoms with E-state index in [0.29, 0.717) is 6.61 Å². The lowest BCUT2D eigenvalue weighted by molar-refractivity contribution is 0.306. The molecular weight excluding hydrogens is 288 g/mol. The summed E-state index contributed by atoms with van der Waals surface area (Å²) in [4.78, 5) is 3.91. The van der Waals surface area contributed by atoms with E-state index in [0.717, 1.165) is 16.9 Å². The fourth-order valence-electron chi connectivity index (χ4n) is 1.74. The molecule has 0 spiro atoms. The molecule has 0 heterocycles. The molecule has 0 atom stereocenters. The molecule has 0 amide bonds. The fraction of sp³-hybridized carbons (Fsp3) is 0.0556. The lowest BCUT2D eigenvalue weighted by Crippen LogP contribution is -1.97. The maximum absolute atomic E-state index is 8.86. The van der Waals surface area contributed by atoms with Gasteiger partial charge in [-0.2, -0.15) is 10.5 Å². The number of allylic oxidation sites excluding steroid dienone is 2. The van der Waals surface area contributed by atoms with Crippen LogP contribution < -0.4 is 10.5 Å². The summed E-state index contributed by atoms with van der Waals surface area (Å²) >= 11 is 0. The SMILES string of the molecule is N#C/C(N)=C(C#N)\N=C\c1ccc(OCc2ccccc2)cc1. The fourth-order valence-corrected chi connectivity index (χ4v) is 1.74. The van der Waals surface area contributed by atoms with Crippen LogP contribution in [0.5, 0.6) is 5.75 Å². The number of benzene rings is 2. The number of nitrogens with zero attached hydrogens (tertiary/aromatic N) is 3. The first-order valence-corrected chi connectivity index (χ1v) is 6.83. The maximum Gasteiger partial charge on any atom is 0.174 e. The first-order chi connectivity index (χ1) is 11.2. The van der Waals surface area contributed by atoms with Crippen molar-refractivity contribution in [2.45, 2.75) is 6.61 Å². The zero-order chi connectivity index (χ0) is 16.5. The standard InChI is InChI=1S/C18H14N4O/c19-10-17(21)18(11-20)22-12-14-6-8-16(9-7-14)23-13-15-4-2-1-3-5-15/h1-9,12H,13,21H2/b18-17+,22-12+. The summed E-state index contributed by atoms with van der Waals surface area (Å²) in [5.41, 5.74) is 6.94. The number of rotatable bonds is 5. The second kappa shape index (κ2) is 8.02. The van der Waals surface area contributed by atoms with E-state index in [2.05, 4.69) is 4.99 Å². The molecular formula is C18H14N4O. The number of aliphatic imine (C=N–C) groups is 1. The zero-order valence-corrected chi connectivity index (χ0v) is 12.3. The molecule has 2 aromatic carbocycles. The van der Waals surface area contributed by atoms with Crippen LogP contribution in [0.4, 0.5) is 0 Å². The van der Waals surface area contributed by atoms with Crippen LogP contribution in [0.15, 0.2) is 71.0 Å². The molecule has 0 fully saturated rings. The molecule has 2 N–H and O–H groups in total. The van der Waals surface area contributed by atoms with Crippen LogP contribution in [0.25, 0.3) is 0 Å². The van der Waals surface area contributed by atoms with E-state index in [1.807, 2.05) is 42.5 Å². The second-order valence-corrected chi connectivity index (χ2v) is 4.59. The van der Waals surface area contributed by atoms with E-state index in [4.69, 9.17) is 21.0 Å². The van der Waals surface area contributed by atoms with Crippen molar-refractivity contribution >= 4 is 6.21 Å². The Labute approximate surface area is 134 Å². The monoisotopic (exact) mass is 302 g/mol. The third kappa shape index (κ3) is 4.73. The second-order valence-electron chi connectivity index (χ2n) is 4.59. The van der Waals surface area contributed by atoms with Crippen molar-refractivity contribution in [2.24, 2.45) is 10.7 Å². The molecule has 23 heavy (non-hydrogen) atoms. The lowest BCUT2D eigenvalue weighted by Gasteiger charge is -2.06. The summed E-state index contributed by atoms with van der Waals surface area (Å²) in [6.07, 6.45) is 1.48. The maximum atomic E-state index is 8.86. The zero-order valence-electron chi connectivity index (χ0n) is 12.3. The van der Waals surface area contributed by atoms with Gasteiger partial charge in [-0.1, -0.05) is 30.3 Å². The predicted octanol–water partition coefficient (Wildman–Crippen LogP) is 2.90. The predicted molar refractivity (Wildman–Crippen MR) is 87.2 cm³/mol. The van der Waals surface area contributed by atoms with Gasteiger partial charge in [0, 0.05) is 6.21 Å². The number of hydrogen-bond acceptors (Lipinski definition) is 5. The molecule has 5 heteroatoms. The number of nitrogens with two attached hydrogens (primary N) is 1. The van der Waals surface area contributed by atoms with Crippen molar-refractivity contribution in [1.82, 2.24) is 0 Å². The van der Waals surface area contributed by atoms with Crippen molar-refractivity contribution < 1.29 is 4.74 Å². The molecule has 0 aliphatic heterocycles. The average molecular weight is 302 g/mol. The first-order valence-electron chi connectivity index (χ1n) is 6.83. The van der Waals surface area contributed by atoms with E-state index in [1.54, 1.807) is 24.3 Å². The Bertz CT molecular complexity index is 794. The van der Waals surface area contributed by atoms with Gasteiger partial charge < -0.3 is 10.5 Å². The van der Waals surface area contributed by atoms with E-state index in [1.165, 1.54) is 6.21 Å². The molecule has 0 aromatic heterocycles. The normalized spacial score (nSPS) is 11.4. The van der Waals surface area contributed by atoms with Gasteiger partial charge in [-0.15, -0.1) is 0 Å². The minimum atomic E-state index is -0.202. The molecule has 5 nitrogen and oxygen atoms in total. The Morgan fingerprint density at radius 2 is 1.74 bits per heavy atom. The van der Waals surface area contributed by atoms with Crippen molar-refractivity contribution in [3.05, 3.63) is 77.1 Å². The van der Waals surface area contributed by atoms with Gasteiger partial charge in [0.05, 0.1) is 0 Å². The summed E-state index contributed by atoms with van der Waals surface area (Å²) in [6.45, 7) is 0.494. The van der Waals surface area contributed by atoms with E-state index >= 15 is 0 Å². The van der Waals surface area contributed by atoms with Gasteiger partial charge in [-0.3, -0.25) is 0 Å². The minimum Gasteiger partial charge on any atom is -0.489 e. The number of hydrogen-bond donors (Lipinski definition) is 1. The summed E-state index contributed by atoms with van der Waals surface area (Å²) in [5, 5.41) is 17.5. The van der Waals surface area contributed by atoms with Gasteiger partial charge in [-0.25, -0.2) is 4.99 Å². The van der Waals surface area contributed by atoms with Gasteiger partial charge in [0.25, 0.3) is 0 Å². The highest BCUT2D eigenvalue weighted by Crippen LogP contribution is 2.13. The molecule has 112 valence electrons. The van der Waals surface area contributed by atoms with E-state index in [9.17, 15) is 0 Å². The van der Waals surface area contributed by atoms with Gasteiger partial charge in [0.1, 0.15) is 30.2 Å². The van der Waals surface area contributed by atoms with Crippen LogP contribution >= 0.6 is 0 Å². The Hall–Kier alpha value is -3.57. The third-order valence-electron chi connectivity index (χ3n) is 2.95. The highest BCUT2D eigenvalue weighted by molar-refractivity contribution is 5.81. The molecule has 2 aromatic rings. The van der Waals surface area contributed by atoms with Crippen molar-refractivity contribution in [3.8, 4) is 17.9 Å². The largest absolute Gasteiger partial charge is 0.489 e. The van der Waals surface area contributed by atoms with Crippen molar-refractivity contribution in [1.29, 1.82) is 10.5 Å². The Morgan fingerprint density at radius 3 is 2.35 bits per heavy atom. The molecule has 0 unspecified atom stereocenters. The summed E-state index contributed by atoms with van der Waals surface area (Å²) in [6, 6.07) is 20.6. The summed E-state index contributed by atoms with van der Waals surface area (Å²) < 4.78 is 5.68. The number of ether oxygens (including phenoxy) is 1. The van der Waals surface area contributed by atoms with Crippen LogP contribution in [0.2, 0.25) is 0 Å². The molecule has 0 aliphatic rings. The van der Waals surface area contributed by atoms with Crippen LogP contribution in [-0.4, -0.2) is 6.21 Å². The van der Waals surface area contributed by atoms with E-state index in [-0.39, 0.29) is 11.4 Å². The van der Waals surface area contributed by atoms with Crippen LogP contribution in [0, 0.1) is 22.7 Å². The third-order valence-corrected chi connectivity index (χ3v) is 2.95.